The van der Waals surface area contributed by atoms with Gasteiger partial charge in [-0.3, -0.25) is 10.1 Å². The van der Waals surface area contributed by atoms with Gasteiger partial charge in [0.05, 0.1) is 17.5 Å². The van der Waals surface area contributed by atoms with Crippen LogP contribution >= 0.6 is 0 Å². The number of fused-ring (bicyclic) bond motifs is 1. The van der Waals surface area contributed by atoms with Crippen molar-refractivity contribution in [1.82, 2.24) is 9.97 Å². The largest absolute Gasteiger partial charge is 0.494 e. The molecule has 0 spiro atoms. The molecular weight excluding hydrogens is 379 g/mol. The molecule has 1 aliphatic rings. The van der Waals surface area contributed by atoms with Crippen LogP contribution in [-0.4, -0.2) is 41.2 Å². The summed E-state index contributed by atoms with van der Waals surface area (Å²) in [7, 11) is 1.43. The summed E-state index contributed by atoms with van der Waals surface area (Å²) in [4.78, 5) is 21.0. The van der Waals surface area contributed by atoms with E-state index in [1.54, 1.807) is 18.2 Å². The van der Waals surface area contributed by atoms with Crippen LogP contribution < -0.4 is 14.4 Å². The Bertz CT molecular complexity index is 1040. The van der Waals surface area contributed by atoms with Gasteiger partial charge in [-0.2, -0.15) is 0 Å². The van der Waals surface area contributed by atoms with E-state index in [9.17, 15) is 14.5 Å². The average Bonchev–Trinajstić information content (AvgIpc) is 2.74. The number of benzene rings is 2. The monoisotopic (exact) mass is 398 g/mol. The fraction of sp³-hybridized carbons (Fsp3) is 0.300. The van der Waals surface area contributed by atoms with Crippen LogP contribution in [0.4, 0.5) is 15.9 Å². The number of hydrogen-bond acceptors (Lipinski definition) is 7. The van der Waals surface area contributed by atoms with Crippen molar-refractivity contribution in [3.8, 4) is 11.5 Å². The lowest BCUT2D eigenvalue weighted by Crippen LogP contribution is -2.38. The smallest absolute Gasteiger partial charge is 0.269 e. The van der Waals surface area contributed by atoms with Crippen molar-refractivity contribution in [2.75, 3.05) is 25.1 Å². The Balaban J connectivity index is 1.46. The first-order valence-electron chi connectivity index (χ1n) is 9.19. The second kappa shape index (κ2) is 7.86. The highest BCUT2D eigenvalue weighted by Gasteiger charge is 2.23. The van der Waals surface area contributed by atoms with Gasteiger partial charge < -0.3 is 14.4 Å². The fourth-order valence-corrected chi connectivity index (χ4v) is 3.48. The van der Waals surface area contributed by atoms with Crippen molar-refractivity contribution in [2.24, 2.45) is 0 Å². The molecule has 1 aromatic heterocycles. The van der Waals surface area contributed by atoms with E-state index in [2.05, 4.69) is 14.9 Å². The third-order valence-electron chi connectivity index (χ3n) is 4.98. The summed E-state index contributed by atoms with van der Waals surface area (Å²) < 4.78 is 25.0. The van der Waals surface area contributed by atoms with Gasteiger partial charge in [-0.25, -0.2) is 14.4 Å². The summed E-state index contributed by atoms with van der Waals surface area (Å²) in [5, 5.41) is 11.5. The van der Waals surface area contributed by atoms with Crippen molar-refractivity contribution in [3.05, 3.63) is 58.7 Å². The number of hydrogen-bond donors (Lipinski definition) is 0. The second-order valence-corrected chi connectivity index (χ2v) is 6.76. The highest BCUT2D eigenvalue weighted by Crippen LogP contribution is 2.31. The van der Waals surface area contributed by atoms with Crippen LogP contribution in [0.3, 0.4) is 0 Å². The minimum atomic E-state index is -0.458. The summed E-state index contributed by atoms with van der Waals surface area (Å²) in [5.74, 6) is 1.05. The molecule has 0 aliphatic carbocycles. The number of nitro groups is 1. The Morgan fingerprint density at radius 1 is 1.17 bits per heavy atom. The van der Waals surface area contributed by atoms with Crippen LogP contribution in [-0.2, 0) is 0 Å². The highest BCUT2D eigenvalue weighted by atomic mass is 19.1. The molecule has 0 atom stereocenters. The van der Waals surface area contributed by atoms with Crippen molar-refractivity contribution in [1.29, 1.82) is 0 Å². The molecular formula is C20H19FN4O4. The SMILES string of the molecule is COc1cc2c(N3CCC(Oc4ccc([N+](=O)[O-])cc4)CC3)ncnc2cc1F. The Morgan fingerprint density at radius 2 is 1.90 bits per heavy atom. The Labute approximate surface area is 166 Å². The van der Waals surface area contributed by atoms with E-state index >= 15 is 0 Å². The molecule has 0 bridgehead atoms. The zero-order valence-electron chi connectivity index (χ0n) is 15.7. The predicted octanol–water partition coefficient (Wildman–Crippen LogP) is 3.73. The topological polar surface area (TPSA) is 90.6 Å². The molecule has 0 N–H and O–H groups in total. The van der Waals surface area contributed by atoms with Crippen molar-refractivity contribution < 1.29 is 18.8 Å². The number of nitro benzene ring substituents is 1. The first-order valence-corrected chi connectivity index (χ1v) is 9.19. The molecule has 1 aliphatic heterocycles. The van der Waals surface area contributed by atoms with Gasteiger partial charge in [-0.05, 0) is 18.2 Å². The molecule has 150 valence electrons. The van der Waals surface area contributed by atoms with Crippen LogP contribution in [0.5, 0.6) is 11.5 Å². The maximum Gasteiger partial charge on any atom is 0.269 e. The van der Waals surface area contributed by atoms with Gasteiger partial charge in [0.25, 0.3) is 5.69 Å². The minimum absolute atomic E-state index is 0.00721. The van der Waals surface area contributed by atoms with E-state index in [4.69, 9.17) is 9.47 Å². The molecule has 0 amide bonds. The van der Waals surface area contributed by atoms with Crippen molar-refractivity contribution in [2.45, 2.75) is 18.9 Å². The molecule has 29 heavy (non-hydrogen) atoms. The zero-order chi connectivity index (χ0) is 20.4. The lowest BCUT2D eigenvalue weighted by atomic mass is 10.1. The third kappa shape index (κ3) is 3.89. The number of anilines is 1. The van der Waals surface area contributed by atoms with E-state index in [0.29, 0.717) is 24.4 Å². The van der Waals surface area contributed by atoms with Gasteiger partial charge in [0, 0.05) is 49.5 Å². The van der Waals surface area contributed by atoms with Crippen LogP contribution in [0, 0.1) is 15.9 Å². The quantitative estimate of drug-likeness (QED) is 0.478. The molecule has 9 heteroatoms. The van der Waals surface area contributed by atoms with Gasteiger partial charge in [0.2, 0.25) is 0 Å². The third-order valence-corrected chi connectivity index (χ3v) is 4.98. The maximum absolute atomic E-state index is 14.0. The van der Waals surface area contributed by atoms with Crippen LogP contribution in [0.25, 0.3) is 10.9 Å². The predicted molar refractivity (Wildman–Crippen MR) is 105 cm³/mol. The Kier molecular flexibility index (Phi) is 5.11. The second-order valence-electron chi connectivity index (χ2n) is 6.76. The van der Waals surface area contributed by atoms with E-state index in [1.807, 2.05) is 0 Å². The summed E-state index contributed by atoms with van der Waals surface area (Å²) in [6, 6.07) is 9.07. The number of halogens is 1. The molecule has 2 aromatic carbocycles. The average molecular weight is 398 g/mol. The molecule has 0 saturated carbocycles. The Morgan fingerprint density at radius 3 is 2.55 bits per heavy atom. The van der Waals surface area contributed by atoms with Gasteiger partial charge in [0.1, 0.15) is 24.0 Å². The number of rotatable bonds is 5. The fourth-order valence-electron chi connectivity index (χ4n) is 3.48. The lowest BCUT2D eigenvalue weighted by molar-refractivity contribution is -0.384. The first-order chi connectivity index (χ1) is 14.0. The molecule has 3 aromatic rings. The van der Waals surface area contributed by atoms with E-state index in [1.165, 1.54) is 31.6 Å². The number of piperidine rings is 1. The van der Waals surface area contributed by atoms with Crippen molar-refractivity contribution in [3.63, 3.8) is 0 Å². The van der Waals surface area contributed by atoms with Crippen LogP contribution in [0.2, 0.25) is 0 Å². The number of methoxy groups -OCH3 is 1. The van der Waals surface area contributed by atoms with Gasteiger partial charge in [-0.15, -0.1) is 0 Å². The van der Waals surface area contributed by atoms with Gasteiger partial charge >= 0.3 is 0 Å². The first kappa shape index (κ1) is 18.9. The number of ether oxygens (including phenoxy) is 2. The lowest BCUT2D eigenvalue weighted by Gasteiger charge is -2.33. The number of aromatic nitrogens is 2. The summed E-state index contributed by atoms with van der Waals surface area (Å²) >= 11 is 0. The van der Waals surface area contributed by atoms with Gasteiger partial charge in [0.15, 0.2) is 11.6 Å². The van der Waals surface area contributed by atoms with Crippen LogP contribution in [0.15, 0.2) is 42.7 Å². The number of non-ortho nitro benzene ring substituents is 1. The molecule has 4 rings (SSSR count). The van der Waals surface area contributed by atoms with E-state index < -0.39 is 10.7 Å². The zero-order valence-corrected chi connectivity index (χ0v) is 15.7. The molecule has 2 heterocycles. The maximum atomic E-state index is 14.0. The molecule has 8 nitrogen and oxygen atoms in total. The van der Waals surface area contributed by atoms with E-state index in [-0.39, 0.29) is 17.5 Å². The summed E-state index contributed by atoms with van der Waals surface area (Å²) in [6.45, 7) is 1.42. The molecule has 0 radical (unpaired) electrons. The summed E-state index contributed by atoms with van der Waals surface area (Å²) in [5.41, 5.74) is 0.562. The van der Waals surface area contributed by atoms with Gasteiger partial charge in [-0.1, -0.05) is 0 Å². The van der Waals surface area contributed by atoms with Crippen LogP contribution in [0.1, 0.15) is 12.8 Å². The van der Waals surface area contributed by atoms with E-state index in [0.717, 1.165) is 24.0 Å². The standard InChI is InChI=1S/C20H19FN4O4/c1-28-19-10-16-18(11-17(19)21)22-12-23-20(16)24-8-6-15(7-9-24)29-14-4-2-13(3-5-14)25(26)27/h2-5,10-12,15H,6-9H2,1H3. The summed E-state index contributed by atoms with van der Waals surface area (Å²) in [6.07, 6.45) is 2.97. The minimum Gasteiger partial charge on any atom is -0.494 e. The molecule has 1 fully saturated rings. The molecule has 0 unspecified atom stereocenters. The normalized spacial score (nSPS) is 14.8. The highest BCUT2D eigenvalue weighted by molar-refractivity contribution is 5.90. The van der Waals surface area contributed by atoms with Crippen molar-refractivity contribution >= 4 is 22.4 Å². The number of nitrogens with zero attached hydrogens (tertiary/aromatic N) is 4. The Hall–Kier alpha value is -3.49. The molecule has 1 saturated heterocycles.